The van der Waals surface area contributed by atoms with E-state index in [0.29, 0.717) is 0 Å². The minimum atomic E-state index is 0.793. The molecule has 2 heterocycles. The smallest absolute Gasteiger partial charge is 0.110 e. The number of hydrogen-bond donors (Lipinski definition) is 0. The van der Waals surface area contributed by atoms with Gasteiger partial charge in [-0.3, -0.25) is 0 Å². The van der Waals surface area contributed by atoms with Crippen LogP contribution in [-0.4, -0.2) is 0 Å². The SMILES string of the molecule is CCCCCc1ccc(-c2ccc(C#N)s2)s1. The van der Waals surface area contributed by atoms with Crippen molar-refractivity contribution >= 4 is 22.7 Å². The van der Waals surface area contributed by atoms with Crippen molar-refractivity contribution in [3.8, 4) is 15.8 Å². The minimum absolute atomic E-state index is 0.793. The van der Waals surface area contributed by atoms with E-state index >= 15 is 0 Å². The second-order valence-corrected chi connectivity index (χ2v) is 6.25. The van der Waals surface area contributed by atoms with E-state index in [-0.39, 0.29) is 0 Å². The van der Waals surface area contributed by atoms with Crippen LogP contribution in [-0.2, 0) is 6.42 Å². The normalized spacial score (nSPS) is 10.4. The predicted octanol–water partition coefficient (Wildman–Crippen LogP) is 5.08. The summed E-state index contributed by atoms with van der Waals surface area (Å²) in [4.78, 5) is 4.76. The molecule has 2 aromatic rings. The molecule has 0 aliphatic rings. The molecule has 0 aliphatic carbocycles. The Labute approximate surface area is 110 Å². The lowest BCUT2D eigenvalue weighted by atomic mass is 10.2. The lowest BCUT2D eigenvalue weighted by molar-refractivity contribution is 0.722. The Balaban J connectivity index is 2.05. The van der Waals surface area contributed by atoms with Crippen LogP contribution in [0.5, 0.6) is 0 Å². The number of nitrogens with zero attached hydrogens (tertiary/aromatic N) is 1. The lowest BCUT2D eigenvalue weighted by Gasteiger charge is -1.94. The molecule has 0 saturated heterocycles. The summed E-state index contributed by atoms with van der Waals surface area (Å²) in [5, 5.41) is 8.81. The highest BCUT2D eigenvalue weighted by Gasteiger charge is 2.05. The number of aryl methyl sites for hydroxylation is 1. The maximum Gasteiger partial charge on any atom is 0.110 e. The average Bonchev–Trinajstić information content (AvgIpc) is 2.97. The van der Waals surface area contributed by atoms with Gasteiger partial charge in [0.2, 0.25) is 0 Å². The van der Waals surface area contributed by atoms with Gasteiger partial charge in [0.1, 0.15) is 10.9 Å². The van der Waals surface area contributed by atoms with Crippen LogP contribution in [0, 0.1) is 11.3 Å². The van der Waals surface area contributed by atoms with Crippen molar-refractivity contribution in [3.05, 3.63) is 34.0 Å². The van der Waals surface area contributed by atoms with Crippen molar-refractivity contribution in [3.63, 3.8) is 0 Å². The van der Waals surface area contributed by atoms with Crippen LogP contribution in [0.4, 0.5) is 0 Å². The first-order valence-corrected chi connectivity index (χ1v) is 7.56. The molecular formula is C14H15NS2. The molecule has 0 saturated carbocycles. The van der Waals surface area contributed by atoms with E-state index in [9.17, 15) is 0 Å². The molecule has 0 N–H and O–H groups in total. The second-order valence-electron chi connectivity index (χ2n) is 4.00. The molecule has 2 rings (SSSR count). The first-order chi connectivity index (χ1) is 8.33. The Hall–Kier alpha value is -1.11. The summed E-state index contributed by atoms with van der Waals surface area (Å²) in [6, 6.07) is 10.5. The van der Waals surface area contributed by atoms with Crippen molar-refractivity contribution in [2.45, 2.75) is 32.6 Å². The molecule has 0 fully saturated rings. The van der Waals surface area contributed by atoms with E-state index in [1.165, 1.54) is 40.3 Å². The molecular weight excluding hydrogens is 246 g/mol. The monoisotopic (exact) mass is 261 g/mol. The summed E-state index contributed by atoms with van der Waals surface area (Å²) < 4.78 is 0. The van der Waals surface area contributed by atoms with Gasteiger partial charge in [-0.2, -0.15) is 5.26 Å². The first kappa shape index (κ1) is 12.3. The van der Waals surface area contributed by atoms with Crippen molar-refractivity contribution in [2.24, 2.45) is 0 Å². The number of hydrogen-bond acceptors (Lipinski definition) is 3. The van der Waals surface area contributed by atoms with E-state index in [1.54, 1.807) is 11.3 Å². The highest BCUT2D eigenvalue weighted by atomic mass is 32.1. The molecule has 0 unspecified atom stereocenters. The quantitative estimate of drug-likeness (QED) is 0.688. The number of rotatable bonds is 5. The van der Waals surface area contributed by atoms with Crippen LogP contribution in [0.25, 0.3) is 9.75 Å². The van der Waals surface area contributed by atoms with E-state index in [4.69, 9.17) is 5.26 Å². The fourth-order valence-corrected chi connectivity index (χ4v) is 3.67. The summed E-state index contributed by atoms with van der Waals surface area (Å²) in [6.07, 6.45) is 5.05. The number of nitriles is 1. The number of unbranched alkanes of at least 4 members (excludes halogenated alkanes) is 2. The van der Waals surface area contributed by atoms with Crippen molar-refractivity contribution < 1.29 is 0 Å². The molecule has 3 heteroatoms. The van der Waals surface area contributed by atoms with E-state index in [2.05, 4.69) is 25.1 Å². The highest BCUT2D eigenvalue weighted by Crippen LogP contribution is 2.33. The van der Waals surface area contributed by atoms with Crippen LogP contribution in [0.2, 0.25) is 0 Å². The minimum Gasteiger partial charge on any atom is -0.192 e. The third-order valence-electron chi connectivity index (χ3n) is 2.65. The van der Waals surface area contributed by atoms with Gasteiger partial charge < -0.3 is 0 Å². The lowest BCUT2D eigenvalue weighted by Crippen LogP contribution is -1.78. The summed E-state index contributed by atoms with van der Waals surface area (Å²) in [5.74, 6) is 0. The topological polar surface area (TPSA) is 23.8 Å². The van der Waals surface area contributed by atoms with Crippen LogP contribution < -0.4 is 0 Å². The van der Waals surface area contributed by atoms with Gasteiger partial charge in [0.25, 0.3) is 0 Å². The van der Waals surface area contributed by atoms with Gasteiger partial charge in [0.15, 0.2) is 0 Å². The van der Waals surface area contributed by atoms with Crippen molar-refractivity contribution in [1.82, 2.24) is 0 Å². The van der Waals surface area contributed by atoms with Crippen molar-refractivity contribution in [1.29, 1.82) is 5.26 Å². The molecule has 0 aliphatic heterocycles. The summed E-state index contributed by atoms with van der Waals surface area (Å²) in [6.45, 7) is 2.23. The third-order valence-corrected chi connectivity index (χ3v) is 4.98. The van der Waals surface area contributed by atoms with E-state index in [1.807, 2.05) is 23.5 Å². The molecule has 1 nitrogen and oxygen atoms in total. The van der Waals surface area contributed by atoms with Gasteiger partial charge in [0.05, 0.1) is 0 Å². The fourth-order valence-electron chi connectivity index (χ4n) is 1.72. The average molecular weight is 261 g/mol. The van der Waals surface area contributed by atoms with Gasteiger partial charge in [-0.25, -0.2) is 0 Å². The Bertz CT molecular complexity index is 516. The molecule has 17 heavy (non-hydrogen) atoms. The zero-order valence-electron chi connectivity index (χ0n) is 9.90. The Kier molecular flexibility index (Phi) is 4.36. The molecule has 0 aromatic carbocycles. The molecule has 0 atom stereocenters. The third kappa shape index (κ3) is 3.18. The predicted molar refractivity (Wildman–Crippen MR) is 75.6 cm³/mol. The summed E-state index contributed by atoms with van der Waals surface area (Å²) in [7, 11) is 0. The van der Waals surface area contributed by atoms with Crippen LogP contribution in [0.15, 0.2) is 24.3 Å². The van der Waals surface area contributed by atoms with E-state index in [0.717, 1.165) is 4.88 Å². The molecule has 0 radical (unpaired) electrons. The van der Waals surface area contributed by atoms with Gasteiger partial charge in [-0.05, 0) is 37.1 Å². The van der Waals surface area contributed by atoms with Gasteiger partial charge in [-0.15, -0.1) is 22.7 Å². The van der Waals surface area contributed by atoms with Crippen LogP contribution in [0.3, 0.4) is 0 Å². The Morgan fingerprint density at radius 3 is 2.53 bits per heavy atom. The largest absolute Gasteiger partial charge is 0.192 e. The molecule has 0 spiro atoms. The fraction of sp³-hybridized carbons (Fsp3) is 0.357. The van der Waals surface area contributed by atoms with Crippen LogP contribution >= 0.6 is 22.7 Å². The highest BCUT2D eigenvalue weighted by molar-refractivity contribution is 7.22. The Morgan fingerprint density at radius 1 is 1.06 bits per heavy atom. The summed E-state index contributed by atoms with van der Waals surface area (Å²) >= 11 is 3.44. The molecule has 0 amide bonds. The van der Waals surface area contributed by atoms with Gasteiger partial charge in [-0.1, -0.05) is 19.8 Å². The van der Waals surface area contributed by atoms with Crippen molar-refractivity contribution in [2.75, 3.05) is 0 Å². The van der Waals surface area contributed by atoms with Crippen LogP contribution in [0.1, 0.15) is 35.9 Å². The molecule has 2 aromatic heterocycles. The standard InChI is InChI=1S/C14H15NS2/c1-2-3-4-5-11-6-8-13(16-11)14-9-7-12(10-15)17-14/h6-9H,2-5H2,1H3. The maximum absolute atomic E-state index is 8.81. The summed E-state index contributed by atoms with van der Waals surface area (Å²) in [5.41, 5.74) is 0. The Morgan fingerprint density at radius 2 is 1.82 bits per heavy atom. The zero-order chi connectivity index (χ0) is 12.1. The second kappa shape index (κ2) is 6.00. The first-order valence-electron chi connectivity index (χ1n) is 5.92. The molecule has 0 bridgehead atoms. The zero-order valence-corrected chi connectivity index (χ0v) is 11.5. The molecule has 88 valence electrons. The number of thiophene rings is 2. The van der Waals surface area contributed by atoms with Gasteiger partial charge in [0, 0.05) is 14.6 Å². The van der Waals surface area contributed by atoms with Gasteiger partial charge >= 0.3 is 0 Å². The van der Waals surface area contributed by atoms with E-state index < -0.39 is 0 Å². The maximum atomic E-state index is 8.81.